The minimum absolute atomic E-state index is 1.14. The SMILES string of the molecule is SC1=CCCCc2ccccc21. The van der Waals surface area contributed by atoms with E-state index in [1.165, 1.54) is 24.0 Å². The smallest absolute Gasteiger partial charge is 0.00753 e. The lowest BCUT2D eigenvalue weighted by Gasteiger charge is -2.04. The number of thiol groups is 1. The average molecular weight is 176 g/mol. The summed E-state index contributed by atoms with van der Waals surface area (Å²) in [6, 6.07) is 8.53. The molecule has 0 aliphatic heterocycles. The molecule has 2 rings (SSSR count). The van der Waals surface area contributed by atoms with Gasteiger partial charge in [-0.25, -0.2) is 0 Å². The molecule has 0 nitrogen and oxygen atoms in total. The molecule has 1 aromatic carbocycles. The summed E-state index contributed by atoms with van der Waals surface area (Å²) in [5, 5.41) is 0. The molecule has 0 saturated heterocycles. The van der Waals surface area contributed by atoms with E-state index in [9.17, 15) is 0 Å². The van der Waals surface area contributed by atoms with Crippen molar-refractivity contribution in [1.82, 2.24) is 0 Å². The Morgan fingerprint density at radius 3 is 2.92 bits per heavy atom. The van der Waals surface area contributed by atoms with E-state index in [-0.39, 0.29) is 0 Å². The van der Waals surface area contributed by atoms with Crippen molar-refractivity contribution >= 4 is 17.5 Å². The van der Waals surface area contributed by atoms with Gasteiger partial charge in [0.1, 0.15) is 0 Å². The number of hydrogen-bond donors (Lipinski definition) is 1. The van der Waals surface area contributed by atoms with Crippen molar-refractivity contribution in [3.8, 4) is 0 Å². The Morgan fingerprint density at radius 1 is 1.17 bits per heavy atom. The van der Waals surface area contributed by atoms with Crippen molar-refractivity contribution in [3.05, 3.63) is 41.5 Å². The van der Waals surface area contributed by atoms with Crippen LogP contribution in [0, 0.1) is 0 Å². The summed E-state index contributed by atoms with van der Waals surface area (Å²) in [6.45, 7) is 0. The Kier molecular flexibility index (Phi) is 2.22. The summed E-state index contributed by atoms with van der Waals surface area (Å²) in [5.74, 6) is 0. The molecule has 0 atom stereocenters. The van der Waals surface area contributed by atoms with Crippen molar-refractivity contribution in [3.63, 3.8) is 0 Å². The molecule has 0 radical (unpaired) electrons. The first-order chi connectivity index (χ1) is 5.88. The van der Waals surface area contributed by atoms with Crippen LogP contribution in [0.2, 0.25) is 0 Å². The van der Waals surface area contributed by atoms with Gasteiger partial charge >= 0.3 is 0 Å². The molecule has 0 bridgehead atoms. The maximum absolute atomic E-state index is 4.47. The van der Waals surface area contributed by atoms with Crippen molar-refractivity contribution in [1.29, 1.82) is 0 Å². The van der Waals surface area contributed by atoms with Gasteiger partial charge in [0, 0.05) is 4.91 Å². The van der Waals surface area contributed by atoms with Crippen LogP contribution >= 0.6 is 12.6 Å². The zero-order valence-electron chi connectivity index (χ0n) is 6.96. The highest BCUT2D eigenvalue weighted by Crippen LogP contribution is 2.27. The highest BCUT2D eigenvalue weighted by molar-refractivity contribution is 7.90. The second-order valence-electron chi connectivity index (χ2n) is 3.14. The fourth-order valence-corrected chi connectivity index (χ4v) is 1.98. The number of fused-ring (bicyclic) bond motifs is 1. The molecule has 0 spiro atoms. The van der Waals surface area contributed by atoms with Gasteiger partial charge in [-0.3, -0.25) is 0 Å². The van der Waals surface area contributed by atoms with Gasteiger partial charge in [0.05, 0.1) is 0 Å². The zero-order valence-corrected chi connectivity index (χ0v) is 7.85. The highest BCUT2D eigenvalue weighted by Gasteiger charge is 2.06. The summed E-state index contributed by atoms with van der Waals surface area (Å²) in [5.41, 5.74) is 2.76. The van der Waals surface area contributed by atoms with E-state index in [1.54, 1.807) is 0 Å². The minimum atomic E-state index is 1.14. The number of allylic oxidation sites excluding steroid dienone is 1. The summed E-state index contributed by atoms with van der Waals surface area (Å²) < 4.78 is 0. The van der Waals surface area contributed by atoms with Crippen LogP contribution in [0.5, 0.6) is 0 Å². The molecule has 0 amide bonds. The lowest BCUT2D eigenvalue weighted by atomic mass is 10.0. The monoisotopic (exact) mass is 176 g/mol. The molecule has 0 heterocycles. The number of rotatable bonds is 0. The van der Waals surface area contributed by atoms with Crippen LogP contribution in [-0.4, -0.2) is 0 Å². The van der Waals surface area contributed by atoms with E-state index < -0.39 is 0 Å². The van der Waals surface area contributed by atoms with Crippen LogP contribution in [0.25, 0.3) is 4.91 Å². The molecule has 1 aliphatic rings. The van der Waals surface area contributed by atoms with Gasteiger partial charge in [0.2, 0.25) is 0 Å². The molecular formula is C11H12S. The third-order valence-electron chi connectivity index (χ3n) is 2.28. The summed E-state index contributed by atoms with van der Waals surface area (Å²) in [4.78, 5) is 1.14. The lowest BCUT2D eigenvalue weighted by Crippen LogP contribution is -1.87. The topological polar surface area (TPSA) is 0 Å². The van der Waals surface area contributed by atoms with Crippen molar-refractivity contribution in [2.45, 2.75) is 19.3 Å². The first-order valence-electron chi connectivity index (χ1n) is 4.35. The second kappa shape index (κ2) is 3.36. The van der Waals surface area contributed by atoms with Gasteiger partial charge in [-0.1, -0.05) is 30.3 Å². The maximum atomic E-state index is 4.47. The number of benzene rings is 1. The van der Waals surface area contributed by atoms with Crippen molar-refractivity contribution in [2.24, 2.45) is 0 Å². The third kappa shape index (κ3) is 1.42. The first kappa shape index (κ1) is 7.93. The molecular weight excluding hydrogens is 164 g/mol. The van der Waals surface area contributed by atoms with E-state index in [4.69, 9.17) is 0 Å². The average Bonchev–Trinajstić information content (AvgIpc) is 2.29. The quantitative estimate of drug-likeness (QED) is 0.576. The van der Waals surface area contributed by atoms with E-state index >= 15 is 0 Å². The predicted molar refractivity (Wildman–Crippen MR) is 56.3 cm³/mol. The van der Waals surface area contributed by atoms with Crippen molar-refractivity contribution < 1.29 is 0 Å². The molecule has 62 valence electrons. The van der Waals surface area contributed by atoms with Crippen LogP contribution < -0.4 is 0 Å². The number of aryl methyl sites for hydroxylation is 1. The van der Waals surface area contributed by atoms with Crippen LogP contribution in [0.1, 0.15) is 24.0 Å². The Bertz CT molecular complexity index is 313. The van der Waals surface area contributed by atoms with Gasteiger partial charge in [0.25, 0.3) is 0 Å². The van der Waals surface area contributed by atoms with E-state index in [1.807, 2.05) is 0 Å². The zero-order chi connectivity index (χ0) is 8.39. The van der Waals surface area contributed by atoms with E-state index in [0.29, 0.717) is 0 Å². The fourth-order valence-electron chi connectivity index (χ4n) is 1.63. The van der Waals surface area contributed by atoms with Crippen LogP contribution in [0.15, 0.2) is 30.3 Å². The summed E-state index contributed by atoms with van der Waals surface area (Å²) >= 11 is 4.47. The fraction of sp³-hybridized carbons (Fsp3) is 0.273. The predicted octanol–water partition coefficient (Wildman–Crippen LogP) is 3.29. The Hall–Kier alpha value is -0.690. The molecule has 0 N–H and O–H groups in total. The Labute approximate surface area is 78.7 Å². The molecule has 0 saturated carbocycles. The van der Waals surface area contributed by atoms with Gasteiger partial charge in [-0.05, 0) is 30.4 Å². The van der Waals surface area contributed by atoms with Crippen LogP contribution in [-0.2, 0) is 6.42 Å². The largest absolute Gasteiger partial charge is 0.143 e. The second-order valence-corrected chi connectivity index (χ2v) is 3.62. The van der Waals surface area contributed by atoms with E-state index in [2.05, 4.69) is 43.0 Å². The third-order valence-corrected chi connectivity index (χ3v) is 2.70. The van der Waals surface area contributed by atoms with E-state index in [0.717, 1.165) is 11.3 Å². The highest BCUT2D eigenvalue weighted by atomic mass is 32.1. The van der Waals surface area contributed by atoms with Crippen molar-refractivity contribution in [2.75, 3.05) is 0 Å². The molecule has 0 aromatic heterocycles. The molecule has 1 heteroatoms. The van der Waals surface area contributed by atoms with Crippen LogP contribution in [0.3, 0.4) is 0 Å². The molecule has 1 aliphatic carbocycles. The molecule has 0 unspecified atom stereocenters. The normalized spacial score (nSPS) is 16.2. The van der Waals surface area contributed by atoms with Gasteiger partial charge in [0.15, 0.2) is 0 Å². The standard InChI is InChI=1S/C11H12S/c12-11-8-4-2-6-9-5-1-3-7-10(9)11/h1,3,5,7-8,12H,2,4,6H2. The van der Waals surface area contributed by atoms with Gasteiger partial charge in [-0.15, -0.1) is 12.6 Å². The molecule has 1 aromatic rings. The van der Waals surface area contributed by atoms with Crippen LogP contribution in [0.4, 0.5) is 0 Å². The summed E-state index contributed by atoms with van der Waals surface area (Å²) in [6.07, 6.45) is 5.82. The minimum Gasteiger partial charge on any atom is -0.143 e. The molecule has 12 heavy (non-hydrogen) atoms. The Balaban J connectivity index is 2.51. The summed E-state index contributed by atoms with van der Waals surface area (Å²) in [7, 11) is 0. The molecule has 0 fully saturated rings. The number of hydrogen-bond acceptors (Lipinski definition) is 1. The lowest BCUT2D eigenvalue weighted by molar-refractivity contribution is 0.851. The van der Waals surface area contributed by atoms with Gasteiger partial charge in [-0.2, -0.15) is 0 Å². The van der Waals surface area contributed by atoms with Gasteiger partial charge < -0.3 is 0 Å². The maximum Gasteiger partial charge on any atom is 0.00753 e. The first-order valence-corrected chi connectivity index (χ1v) is 4.80. The Morgan fingerprint density at radius 2 is 2.00 bits per heavy atom.